The summed E-state index contributed by atoms with van der Waals surface area (Å²) in [5.74, 6) is -0.843. The van der Waals surface area contributed by atoms with Crippen LogP contribution in [0.4, 0.5) is 0 Å². The number of hydrogen-bond acceptors (Lipinski definition) is 6. The number of aryl methyl sites for hydroxylation is 1. The fraction of sp³-hybridized carbons (Fsp3) is 0.240. The molecule has 1 saturated heterocycles. The number of benzene rings is 1. The van der Waals surface area contributed by atoms with Crippen LogP contribution in [-0.2, 0) is 16.1 Å². The number of nitrogens with zero attached hydrogens (tertiary/aromatic N) is 2. The van der Waals surface area contributed by atoms with Gasteiger partial charge in [0.15, 0.2) is 0 Å². The van der Waals surface area contributed by atoms with Crippen molar-refractivity contribution in [3.8, 4) is 5.75 Å². The van der Waals surface area contributed by atoms with Gasteiger partial charge in [-0.05, 0) is 73.7 Å². The molecule has 2 aromatic heterocycles. The fourth-order valence-electron chi connectivity index (χ4n) is 3.79. The molecule has 164 valence electrons. The molecule has 1 atom stereocenters. The summed E-state index contributed by atoms with van der Waals surface area (Å²) in [6, 6.07) is 11.8. The highest BCUT2D eigenvalue weighted by Crippen LogP contribution is 2.43. The molecule has 0 radical (unpaired) electrons. The summed E-state index contributed by atoms with van der Waals surface area (Å²) in [6.07, 6.45) is 3.35. The molecule has 3 heterocycles. The van der Waals surface area contributed by atoms with E-state index in [4.69, 9.17) is 4.74 Å². The molecule has 1 fully saturated rings. The average molecular weight is 449 g/mol. The first kappa shape index (κ1) is 21.8. The largest absolute Gasteiger partial charge is 0.507 e. The van der Waals surface area contributed by atoms with Crippen LogP contribution in [0.2, 0.25) is 0 Å². The van der Waals surface area contributed by atoms with Crippen LogP contribution in [0.25, 0.3) is 5.76 Å². The summed E-state index contributed by atoms with van der Waals surface area (Å²) in [6.45, 7) is 6.02. The molecular weight excluding hydrogens is 424 g/mol. The van der Waals surface area contributed by atoms with Crippen molar-refractivity contribution in [2.75, 3.05) is 0 Å². The first-order valence-corrected chi connectivity index (χ1v) is 11.2. The summed E-state index contributed by atoms with van der Waals surface area (Å²) in [5.41, 5.74) is 2.33. The summed E-state index contributed by atoms with van der Waals surface area (Å²) >= 11 is 1.46. The highest BCUT2D eigenvalue weighted by Gasteiger charge is 2.47. The lowest BCUT2D eigenvalue weighted by molar-refractivity contribution is -0.140. The van der Waals surface area contributed by atoms with Gasteiger partial charge in [0.25, 0.3) is 11.7 Å². The van der Waals surface area contributed by atoms with Crippen molar-refractivity contribution >= 4 is 28.8 Å². The molecule has 32 heavy (non-hydrogen) atoms. The molecule has 0 bridgehead atoms. The highest BCUT2D eigenvalue weighted by molar-refractivity contribution is 7.10. The van der Waals surface area contributed by atoms with E-state index in [1.54, 1.807) is 42.7 Å². The first-order valence-electron chi connectivity index (χ1n) is 10.3. The summed E-state index contributed by atoms with van der Waals surface area (Å²) in [7, 11) is 0. The molecule has 1 unspecified atom stereocenters. The minimum Gasteiger partial charge on any atom is -0.507 e. The second kappa shape index (κ2) is 8.96. The Morgan fingerprint density at radius 1 is 1.19 bits per heavy atom. The summed E-state index contributed by atoms with van der Waals surface area (Å²) in [5, 5.41) is 13.1. The minimum atomic E-state index is -0.688. The Bertz CT molecular complexity index is 1170. The molecule has 4 rings (SSSR count). The second-order valence-corrected chi connectivity index (χ2v) is 8.89. The van der Waals surface area contributed by atoms with Gasteiger partial charge in [0.2, 0.25) is 0 Å². The topological polar surface area (TPSA) is 79.7 Å². The second-order valence-electron chi connectivity index (χ2n) is 7.95. The van der Waals surface area contributed by atoms with Crippen LogP contribution < -0.4 is 4.74 Å². The van der Waals surface area contributed by atoms with Crippen molar-refractivity contribution in [3.63, 3.8) is 0 Å². The Labute approximate surface area is 190 Å². The molecule has 1 aromatic carbocycles. The van der Waals surface area contributed by atoms with Crippen molar-refractivity contribution in [1.29, 1.82) is 0 Å². The van der Waals surface area contributed by atoms with Crippen LogP contribution in [-0.4, -0.2) is 32.8 Å². The van der Waals surface area contributed by atoms with E-state index in [9.17, 15) is 14.7 Å². The lowest BCUT2D eigenvalue weighted by Gasteiger charge is -2.25. The number of aromatic nitrogens is 1. The Balaban J connectivity index is 1.79. The number of carbonyl (C=O) groups is 2. The Morgan fingerprint density at radius 3 is 2.53 bits per heavy atom. The fourth-order valence-corrected chi connectivity index (χ4v) is 4.83. The molecule has 0 spiro atoms. The highest BCUT2D eigenvalue weighted by atomic mass is 32.1. The molecule has 3 aromatic rings. The minimum absolute atomic E-state index is 0.0223. The Morgan fingerprint density at radius 2 is 1.94 bits per heavy atom. The predicted molar refractivity (Wildman–Crippen MR) is 123 cm³/mol. The smallest absolute Gasteiger partial charge is 0.295 e. The van der Waals surface area contributed by atoms with Gasteiger partial charge >= 0.3 is 0 Å². The summed E-state index contributed by atoms with van der Waals surface area (Å²) < 4.78 is 5.66. The third-order valence-corrected chi connectivity index (χ3v) is 6.34. The molecule has 1 N–H and O–H groups in total. The maximum atomic E-state index is 13.1. The van der Waals surface area contributed by atoms with Crippen LogP contribution in [0, 0.1) is 6.92 Å². The van der Waals surface area contributed by atoms with Gasteiger partial charge in [-0.1, -0.05) is 6.07 Å². The monoisotopic (exact) mass is 448 g/mol. The number of amides is 1. The lowest BCUT2D eigenvalue weighted by atomic mass is 9.98. The van der Waals surface area contributed by atoms with Crippen molar-refractivity contribution in [2.45, 2.75) is 39.5 Å². The zero-order valence-corrected chi connectivity index (χ0v) is 18.9. The number of thiophene rings is 1. The molecule has 7 heteroatoms. The molecule has 1 aliphatic heterocycles. The van der Waals surface area contributed by atoms with Crippen LogP contribution in [0.5, 0.6) is 5.75 Å². The number of Topliss-reactive ketones (excluding diaryl/α,β-unsaturated/α-hetero) is 1. The Hall–Kier alpha value is -3.45. The molecular formula is C25H24N2O4S. The van der Waals surface area contributed by atoms with E-state index < -0.39 is 17.7 Å². The van der Waals surface area contributed by atoms with Crippen molar-refractivity contribution in [2.24, 2.45) is 0 Å². The van der Waals surface area contributed by atoms with E-state index in [1.165, 1.54) is 16.2 Å². The van der Waals surface area contributed by atoms with Crippen molar-refractivity contribution in [1.82, 2.24) is 9.88 Å². The summed E-state index contributed by atoms with van der Waals surface area (Å²) in [4.78, 5) is 32.6. The number of ether oxygens (including phenoxy) is 1. The van der Waals surface area contributed by atoms with E-state index in [0.717, 1.165) is 16.0 Å². The average Bonchev–Trinajstić information content (AvgIpc) is 3.30. The first-order chi connectivity index (χ1) is 15.4. The third kappa shape index (κ3) is 4.16. The van der Waals surface area contributed by atoms with Crippen LogP contribution in [0.1, 0.15) is 41.5 Å². The van der Waals surface area contributed by atoms with Gasteiger partial charge in [-0.2, -0.15) is 0 Å². The predicted octanol–water partition coefficient (Wildman–Crippen LogP) is 4.86. The maximum absolute atomic E-state index is 13.1. The van der Waals surface area contributed by atoms with Gasteiger partial charge in [-0.3, -0.25) is 14.6 Å². The van der Waals surface area contributed by atoms with Gasteiger partial charge in [0.05, 0.1) is 11.7 Å². The molecule has 6 nitrogen and oxygen atoms in total. The molecule has 0 saturated carbocycles. The molecule has 0 aliphatic carbocycles. The van der Waals surface area contributed by atoms with Gasteiger partial charge in [-0.15, -0.1) is 11.3 Å². The van der Waals surface area contributed by atoms with Crippen LogP contribution in [0.15, 0.2) is 65.8 Å². The van der Waals surface area contributed by atoms with Gasteiger partial charge in [-0.25, -0.2) is 0 Å². The number of aliphatic hydroxyl groups is 1. The normalized spacial score (nSPS) is 17.9. The van der Waals surface area contributed by atoms with E-state index in [2.05, 4.69) is 4.98 Å². The van der Waals surface area contributed by atoms with Crippen LogP contribution in [0.3, 0.4) is 0 Å². The SMILES string of the molecule is Cc1ccsc1C1/C(=C(/O)c2ccc(OC(C)C)cc2)C(=O)C(=O)N1Cc1cccnc1. The van der Waals surface area contributed by atoms with Gasteiger partial charge in [0, 0.05) is 29.4 Å². The quantitative estimate of drug-likeness (QED) is 0.331. The molecule has 1 amide bonds. The zero-order chi connectivity index (χ0) is 22.8. The number of likely N-dealkylation sites (tertiary alicyclic amines) is 1. The number of hydrogen-bond donors (Lipinski definition) is 1. The van der Waals surface area contributed by atoms with Gasteiger partial charge < -0.3 is 14.7 Å². The number of carbonyl (C=O) groups excluding carboxylic acids is 2. The van der Waals surface area contributed by atoms with E-state index in [1.807, 2.05) is 38.3 Å². The molecule has 1 aliphatic rings. The van der Waals surface area contributed by atoms with Gasteiger partial charge in [0.1, 0.15) is 17.6 Å². The van der Waals surface area contributed by atoms with Crippen LogP contribution >= 0.6 is 11.3 Å². The Kier molecular flexibility index (Phi) is 6.10. The standard InChI is InChI=1S/C25H24N2O4S/c1-15(2)31-19-8-6-18(7-9-19)22(28)20-21(24-16(3)10-12-32-24)27(25(30)23(20)29)14-17-5-4-11-26-13-17/h4-13,15,21,28H,14H2,1-3H3/b22-20-. The van der Waals surface area contributed by atoms with Crippen molar-refractivity contribution in [3.05, 3.63) is 87.4 Å². The number of pyridine rings is 1. The van der Waals surface area contributed by atoms with Crippen molar-refractivity contribution < 1.29 is 19.4 Å². The number of ketones is 1. The third-order valence-electron chi connectivity index (χ3n) is 5.27. The number of aliphatic hydroxyl groups excluding tert-OH is 1. The zero-order valence-electron chi connectivity index (χ0n) is 18.1. The maximum Gasteiger partial charge on any atom is 0.295 e. The number of rotatable bonds is 6. The van der Waals surface area contributed by atoms with E-state index >= 15 is 0 Å². The van der Waals surface area contributed by atoms with E-state index in [0.29, 0.717) is 11.3 Å². The van der Waals surface area contributed by atoms with E-state index in [-0.39, 0.29) is 24.0 Å². The lowest BCUT2D eigenvalue weighted by Crippen LogP contribution is -2.29.